The zero-order valence-electron chi connectivity index (χ0n) is 13.7. The molecule has 3 rings (SSSR count). The van der Waals surface area contributed by atoms with E-state index in [0.717, 1.165) is 17.0 Å². The van der Waals surface area contributed by atoms with Crippen LogP contribution in [0.25, 0.3) is 0 Å². The summed E-state index contributed by atoms with van der Waals surface area (Å²) in [6, 6.07) is 5.13. The maximum atomic E-state index is 12.9. The molecule has 136 valence electrons. The predicted octanol–water partition coefficient (Wildman–Crippen LogP) is 1.04. The minimum Gasteiger partial charge on any atom is -0.395 e. The summed E-state index contributed by atoms with van der Waals surface area (Å²) in [7, 11) is 0. The molecule has 1 aromatic carbocycles. The summed E-state index contributed by atoms with van der Waals surface area (Å²) in [5.74, 6) is -0.776. The molecular formula is C16H17FN6O2S. The van der Waals surface area contributed by atoms with Gasteiger partial charge in [0.15, 0.2) is 0 Å². The van der Waals surface area contributed by atoms with E-state index in [1.54, 1.807) is 6.33 Å². The van der Waals surface area contributed by atoms with Crippen LogP contribution in [0, 0.1) is 5.82 Å². The molecule has 0 spiro atoms. The number of hydrogen-bond donors (Lipinski definition) is 3. The number of rotatable bonds is 7. The minimum absolute atomic E-state index is 0.101. The second kappa shape index (κ2) is 8.13. The number of carbonyl (C=O) groups excluding carboxylic acids is 1. The van der Waals surface area contributed by atoms with E-state index in [-0.39, 0.29) is 23.5 Å². The van der Waals surface area contributed by atoms with Gasteiger partial charge in [0.1, 0.15) is 10.8 Å². The lowest BCUT2D eigenvalue weighted by Crippen LogP contribution is -2.26. The van der Waals surface area contributed by atoms with E-state index in [1.807, 2.05) is 10.8 Å². The van der Waals surface area contributed by atoms with Crippen molar-refractivity contribution in [1.29, 1.82) is 0 Å². The monoisotopic (exact) mass is 376 g/mol. The Labute approximate surface area is 152 Å². The van der Waals surface area contributed by atoms with Gasteiger partial charge in [-0.15, -0.1) is 10.2 Å². The van der Waals surface area contributed by atoms with Crippen LogP contribution in [0.1, 0.15) is 20.5 Å². The largest absolute Gasteiger partial charge is 0.395 e. The average molecular weight is 376 g/mol. The molecule has 0 fully saturated rings. The van der Waals surface area contributed by atoms with Crippen LogP contribution in [-0.2, 0) is 13.0 Å². The number of amides is 1. The van der Waals surface area contributed by atoms with Gasteiger partial charge in [-0.2, -0.15) is 0 Å². The number of hydrogen-bond acceptors (Lipinski definition) is 7. The third-order valence-corrected chi connectivity index (χ3v) is 4.38. The zero-order valence-corrected chi connectivity index (χ0v) is 14.5. The van der Waals surface area contributed by atoms with E-state index in [0.29, 0.717) is 23.7 Å². The van der Waals surface area contributed by atoms with Crippen molar-refractivity contribution in [3.05, 3.63) is 58.3 Å². The molecule has 0 aliphatic rings. The Hall–Kier alpha value is -2.69. The van der Waals surface area contributed by atoms with Crippen molar-refractivity contribution in [3.8, 4) is 0 Å². The van der Waals surface area contributed by atoms with E-state index in [1.165, 1.54) is 24.3 Å². The van der Waals surface area contributed by atoms with Gasteiger partial charge >= 0.3 is 0 Å². The van der Waals surface area contributed by atoms with Gasteiger partial charge < -0.3 is 20.7 Å². The van der Waals surface area contributed by atoms with Crippen molar-refractivity contribution in [1.82, 2.24) is 19.7 Å². The molecule has 1 amide bonds. The van der Waals surface area contributed by atoms with Crippen LogP contribution in [0.5, 0.6) is 0 Å². The second-order valence-corrected chi connectivity index (χ2v) is 6.71. The fraction of sp³-hybridized carbons (Fsp3) is 0.250. The van der Waals surface area contributed by atoms with Gasteiger partial charge in [-0.25, -0.2) is 9.37 Å². The van der Waals surface area contributed by atoms with Crippen molar-refractivity contribution >= 4 is 22.9 Å². The molecule has 0 aliphatic carbocycles. The maximum Gasteiger partial charge on any atom is 0.286 e. The molecule has 0 unspecified atom stereocenters. The van der Waals surface area contributed by atoms with E-state index in [9.17, 15) is 9.18 Å². The third-order valence-electron chi connectivity index (χ3n) is 3.47. The third kappa shape index (κ3) is 4.69. The number of carbonyl (C=O) groups is 1. The molecule has 10 heteroatoms. The normalized spacial score (nSPS) is 12.1. The fourth-order valence-electron chi connectivity index (χ4n) is 2.21. The van der Waals surface area contributed by atoms with Gasteiger partial charge in [0.2, 0.25) is 5.01 Å². The summed E-state index contributed by atoms with van der Waals surface area (Å²) in [5, 5.41) is 20.4. The summed E-state index contributed by atoms with van der Waals surface area (Å²) in [5.41, 5.74) is 6.94. The number of nitrogens with zero attached hydrogens (tertiary/aromatic N) is 4. The molecular weight excluding hydrogens is 359 g/mol. The number of benzene rings is 1. The highest BCUT2D eigenvalue weighted by molar-refractivity contribution is 7.13. The lowest BCUT2D eigenvalue weighted by molar-refractivity contribution is 0.102. The first-order valence-electron chi connectivity index (χ1n) is 7.80. The summed E-state index contributed by atoms with van der Waals surface area (Å²) in [6.07, 6.45) is 3.93. The van der Waals surface area contributed by atoms with E-state index < -0.39 is 5.91 Å². The quantitative estimate of drug-likeness (QED) is 0.567. The molecule has 0 saturated heterocycles. The molecule has 2 aromatic heterocycles. The highest BCUT2D eigenvalue weighted by Gasteiger charge is 2.14. The number of imidazole rings is 1. The summed E-state index contributed by atoms with van der Waals surface area (Å²) < 4.78 is 14.7. The molecule has 2 heterocycles. The van der Waals surface area contributed by atoms with Crippen LogP contribution in [0.3, 0.4) is 0 Å². The predicted molar refractivity (Wildman–Crippen MR) is 94.4 cm³/mol. The molecule has 8 nitrogen and oxygen atoms in total. The molecule has 0 saturated carbocycles. The molecule has 0 radical (unpaired) electrons. The highest BCUT2D eigenvalue weighted by atomic mass is 32.1. The van der Waals surface area contributed by atoms with Crippen molar-refractivity contribution in [3.63, 3.8) is 0 Å². The number of nitrogens with two attached hydrogens (primary N) is 1. The van der Waals surface area contributed by atoms with Gasteiger partial charge in [0.25, 0.3) is 5.91 Å². The van der Waals surface area contributed by atoms with Crippen molar-refractivity contribution in [2.45, 2.75) is 19.0 Å². The maximum absolute atomic E-state index is 12.9. The molecule has 0 bridgehead atoms. The molecule has 0 aliphatic heterocycles. The Balaban J connectivity index is 1.60. The van der Waals surface area contributed by atoms with Gasteiger partial charge in [0.05, 0.1) is 25.2 Å². The number of aromatic nitrogens is 4. The number of aliphatic hydroxyl groups is 1. The van der Waals surface area contributed by atoms with Gasteiger partial charge in [0, 0.05) is 24.3 Å². The second-order valence-electron chi connectivity index (χ2n) is 5.65. The standard InChI is InChI=1S/C16H17FN6O2S/c17-10-1-3-12(4-2-10)20-15(25)16-22-21-14(26-16)7-23-6-13(19-9-23)5-11(18)8-24/h1-4,6,9,11,24H,5,7-8,18H2,(H,20,25)/t11-/m0/s1. The Kier molecular flexibility index (Phi) is 5.66. The minimum atomic E-state index is -0.402. The molecule has 4 N–H and O–H groups in total. The summed E-state index contributed by atoms with van der Waals surface area (Å²) >= 11 is 1.16. The first kappa shape index (κ1) is 18.1. The van der Waals surface area contributed by atoms with Crippen LogP contribution in [0.4, 0.5) is 10.1 Å². The first-order chi connectivity index (χ1) is 12.5. The average Bonchev–Trinajstić information content (AvgIpc) is 3.27. The molecule has 26 heavy (non-hydrogen) atoms. The Bertz CT molecular complexity index is 879. The zero-order chi connectivity index (χ0) is 18.5. The fourth-order valence-corrected chi connectivity index (χ4v) is 2.96. The molecule has 3 aromatic rings. The number of anilines is 1. The van der Waals surface area contributed by atoms with Crippen molar-refractivity contribution in [2.75, 3.05) is 11.9 Å². The smallest absolute Gasteiger partial charge is 0.286 e. The van der Waals surface area contributed by atoms with Gasteiger partial charge in [-0.1, -0.05) is 11.3 Å². The highest BCUT2D eigenvalue weighted by Crippen LogP contribution is 2.15. The van der Waals surface area contributed by atoms with Gasteiger partial charge in [-0.3, -0.25) is 4.79 Å². The van der Waals surface area contributed by atoms with Crippen LogP contribution in [0.2, 0.25) is 0 Å². The lowest BCUT2D eigenvalue weighted by Gasteiger charge is -2.03. The Morgan fingerprint density at radius 2 is 2.12 bits per heavy atom. The van der Waals surface area contributed by atoms with E-state index in [4.69, 9.17) is 10.8 Å². The van der Waals surface area contributed by atoms with Crippen molar-refractivity contribution in [2.24, 2.45) is 5.73 Å². The van der Waals surface area contributed by atoms with E-state index >= 15 is 0 Å². The van der Waals surface area contributed by atoms with E-state index in [2.05, 4.69) is 20.5 Å². The van der Waals surface area contributed by atoms with Gasteiger partial charge in [-0.05, 0) is 24.3 Å². The van der Waals surface area contributed by atoms with Crippen LogP contribution < -0.4 is 11.1 Å². The van der Waals surface area contributed by atoms with Crippen molar-refractivity contribution < 1.29 is 14.3 Å². The molecule has 1 atom stereocenters. The lowest BCUT2D eigenvalue weighted by atomic mass is 10.2. The number of nitrogens with one attached hydrogen (secondary N) is 1. The van der Waals surface area contributed by atoms with Crippen LogP contribution >= 0.6 is 11.3 Å². The van der Waals surface area contributed by atoms with Crippen LogP contribution in [0.15, 0.2) is 36.8 Å². The SMILES string of the molecule is N[C@H](CO)Cc1cn(Cc2nnc(C(=O)Nc3ccc(F)cc3)s2)cn1. The Morgan fingerprint density at radius 1 is 1.35 bits per heavy atom. The number of aliphatic hydroxyl groups excluding tert-OH is 1. The topological polar surface area (TPSA) is 119 Å². The summed E-state index contributed by atoms with van der Waals surface area (Å²) in [6.45, 7) is 0.318. The Morgan fingerprint density at radius 3 is 2.85 bits per heavy atom. The first-order valence-corrected chi connectivity index (χ1v) is 8.61. The summed E-state index contributed by atoms with van der Waals surface area (Å²) in [4.78, 5) is 16.4. The van der Waals surface area contributed by atoms with Crippen LogP contribution in [-0.4, -0.2) is 43.4 Å². The number of halogens is 1.